The topological polar surface area (TPSA) is 81.7 Å². The van der Waals surface area contributed by atoms with E-state index in [2.05, 4.69) is 24.5 Å². The van der Waals surface area contributed by atoms with Gasteiger partial charge in [-0.05, 0) is 44.8 Å². The van der Waals surface area contributed by atoms with Crippen molar-refractivity contribution in [2.24, 2.45) is 0 Å². The normalized spacial score (nSPS) is 12.7. The highest BCUT2D eigenvalue weighted by atomic mass is 16.3. The van der Waals surface area contributed by atoms with E-state index in [9.17, 15) is 14.7 Å². The first-order valence-corrected chi connectivity index (χ1v) is 12.3. The van der Waals surface area contributed by atoms with E-state index in [0.717, 1.165) is 25.7 Å². The molecule has 0 spiro atoms. The molecule has 1 atom stereocenters. The number of carbonyl (C=O) groups excluding carboxylic acids is 2. The van der Waals surface area contributed by atoms with Crippen molar-refractivity contribution < 1.29 is 14.7 Å². The summed E-state index contributed by atoms with van der Waals surface area (Å²) in [6.45, 7) is 8.90. The maximum Gasteiger partial charge on any atom is 0.243 e. The lowest BCUT2D eigenvalue weighted by atomic mass is 10.1. The van der Waals surface area contributed by atoms with Gasteiger partial charge in [0.25, 0.3) is 0 Å². The van der Waals surface area contributed by atoms with Gasteiger partial charge in [-0.1, -0.05) is 64.5 Å². The van der Waals surface area contributed by atoms with E-state index in [-0.39, 0.29) is 11.8 Å². The molecule has 0 radical (unpaired) electrons. The van der Waals surface area contributed by atoms with Crippen molar-refractivity contribution in [3.63, 3.8) is 0 Å². The quantitative estimate of drug-likeness (QED) is 0.199. The van der Waals surface area contributed by atoms with Crippen LogP contribution < -0.4 is 10.6 Å². The Morgan fingerprint density at radius 3 is 1.65 bits per heavy atom. The lowest BCUT2D eigenvalue weighted by molar-refractivity contribution is -0.117. The standard InChI is InChI=1S/C25H47N3O3/c1-4-6-8-10-12-14-16-24(30)26-18-20-28(22-23(3)29)21-19-27-25(31)17-15-13-11-9-7-5-2/h14-17,23,29H,4-13,18-22H2,1-3H3,(H,26,30)(H,27,31)/b16-14+,17-15+. The van der Waals surface area contributed by atoms with Gasteiger partial charge in [0.2, 0.25) is 11.8 Å². The number of hydrogen-bond donors (Lipinski definition) is 3. The van der Waals surface area contributed by atoms with Crippen molar-refractivity contribution >= 4 is 11.8 Å². The molecule has 1 unspecified atom stereocenters. The molecule has 0 aromatic carbocycles. The average Bonchev–Trinajstić information content (AvgIpc) is 2.72. The van der Waals surface area contributed by atoms with Crippen molar-refractivity contribution in [1.82, 2.24) is 15.5 Å². The number of amides is 2. The van der Waals surface area contributed by atoms with Gasteiger partial charge in [0.15, 0.2) is 0 Å². The lowest BCUT2D eigenvalue weighted by Crippen LogP contribution is -2.41. The Bertz CT molecular complexity index is 464. The molecular weight excluding hydrogens is 390 g/mol. The minimum atomic E-state index is -0.461. The van der Waals surface area contributed by atoms with Gasteiger partial charge in [0, 0.05) is 32.7 Å². The Kier molecular flexibility index (Phi) is 20.4. The van der Waals surface area contributed by atoms with Crippen molar-refractivity contribution in [2.75, 3.05) is 32.7 Å². The number of nitrogens with zero attached hydrogens (tertiary/aromatic N) is 1. The molecule has 0 bridgehead atoms. The Labute approximate surface area is 190 Å². The number of aliphatic hydroxyl groups is 1. The first kappa shape index (κ1) is 29.3. The second kappa shape index (κ2) is 21.6. The molecule has 6 heteroatoms. The Balaban J connectivity index is 4.04. The highest BCUT2D eigenvalue weighted by molar-refractivity contribution is 5.87. The maximum absolute atomic E-state index is 11.9. The van der Waals surface area contributed by atoms with E-state index in [0.29, 0.717) is 32.7 Å². The minimum Gasteiger partial charge on any atom is -0.392 e. The van der Waals surface area contributed by atoms with E-state index in [1.165, 1.54) is 38.5 Å². The van der Waals surface area contributed by atoms with Crippen LogP contribution in [0.3, 0.4) is 0 Å². The number of carbonyl (C=O) groups is 2. The molecular formula is C25H47N3O3. The third kappa shape index (κ3) is 21.4. The fraction of sp³-hybridized carbons (Fsp3) is 0.760. The van der Waals surface area contributed by atoms with Crippen LogP contribution in [0.2, 0.25) is 0 Å². The number of rotatable bonds is 20. The summed E-state index contributed by atoms with van der Waals surface area (Å²) in [5, 5.41) is 15.5. The molecule has 6 nitrogen and oxygen atoms in total. The Morgan fingerprint density at radius 2 is 1.26 bits per heavy atom. The Hall–Kier alpha value is -1.66. The fourth-order valence-electron chi connectivity index (χ4n) is 3.22. The predicted octanol–water partition coefficient (Wildman–Crippen LogP) is 3.95. The molecule has 0 aromatic rings. The van der Waals surface area contributed by atoms with Gasteiger partial charge in [0.05, 0.1) is 6.10 Å². The maximum atomic E-state index is 11.9. The van der Waals surface area contributed by atoms with Gasteiger partial charge in [-0.25, -0.2) is 0 Å². The summed E-state index contributed by atoms with van der Waals surface area (Å²) < 4.78 is 0. The largest absolute Gasteiger partial charge is 0.392 e. The molecule has 0 fully saturated rings. The van der Waals surface area contributed by atoms with Crippen LogP contribution in [-0.4, -0.2) is 60.6 Å². The van der Waals surface area contributed by atoms with Crippen molar-refractivity contribution in [3.8, 4) is 0 Å². The molecule has 31 heavy (non-hydrogen) atoms. The van der Waals surface area contributed by atoms with E-state index >= 15 is 0 Å². The second-order valence-electron chi connectivity index (χ2n) is 8.24. The minimum absolute atomic E-state index is 0.0788. The van der Waals surface area contributed by atoms with Gasteiger partial charge < -0.3 is 15.7 Å². The average molecular weight is 438 g/mol. The molecule has 0 aliphatic rings. The molecule has 0 rings (SSSR count). The summed E-state index contributed by atoms with van der Waals surface area (Å²) in [7, 11) is 0. The molecule has 0 aromatic heterocycles. The van der Waals surface area contributed by atoms with Gasteiger partial charge in [-0.15, -0.1) is 0 Å². The van der Waals surface area contributed by atoms with Gasteiger partial charge in [-0.3, -0.25) is 14.5 Å². The smallest absolute Gasteiger partial charge is 0.243 e. The zero-order valence-electron chi connectivity index (χ0n) is 20.2. The van der Waals surface area contributed by atoms with Crippen LogP contribution in [0.15, 0.2) is 24.3 Å². The zero-order valence-corrected chi connectivity index (χ0v) is 20.2. The molecule has 0 heterocycles. The number of nitrogens with one attached hydrogen (secondary N) is 2. The number of aliphatic hydroxyl groups excluding tert-OH is 1. The summed E-state index contributed by atoms with van der Waals surface area (Å²) in [6.07, 6.45) is 18.1. The number of allylic oxidation sites excluding steroid dienone is 2. The number of unbranched alkanes of at least 4 members (excludes halogenated alkanes) is 8. The molecule has 180 valence electrons. The van der Waals surface area contributed by atoms with Crippen LogP contribution in [0.25, 0.3) is 0 Å². The SMILES string of the molecule is CCCCCC/C=C/C(=O)NCCN(CCNC(=O)/C=C/CCCCCC)CC(C)O. The molecule has 3 N–H and O–H groups in total. The summed E-state index contributed by atoms with van der Waals surface area (Å²) in [4.78, 5) is 25.8. The third-order valence-corrected chi connectivity index (χ3v) is 4.96. The van der Waals surface area contributed by atoms with Crippen LogP contribution in [0.5, 0.6) is 0 Å². The molecule has 0 saturated carbocycles. The molecule has 0 aliphatic carbocycles. The first-order valence-electron chi connectivity index (χ1n) is 12.3. The van der Waals surface area contributed by atoms with E-state index in [1.54, 1.807) is 19.1 Å². The van der Waals surface area contributed by atoms with Crippen molar-refractivity contribution in [2.45, 2.75) is 91.1 Å². The molecule has 2 amide bonds. The van der Waals surface area contributed by atoms with Crippen LogP contribution in [-0.2, 0) is 9.59 Å². The van der Waals surface area contributed by atoms with Crippen molar-refractivity contribution in [3.05, 3.63) is 24.3 Å². The van der Waals surface area contributed by atoms with E-state index in [1.807, 2.05) is 17.1 Å². The monoisotopic (exact) mass is 437 g/mol. The second-order valence-corrected chi connectivity index (χ2v) is 8.24. The lowest BCUT2D eigenvalue weighted by Gasteiger charge is -2.23. The van der Waals surface area contributed by atoms with Gasteiger partial charge >= 0.3 is 0 Å². The fourth-order valence-corrected chi connectivity index (χ4v) is 3.22. The third-order valence-electron chi connectivity index (χ3n) is 4.96. The summed E-state index contributed by atoms with van der Waals surface area (Å²) in [6, 6.07) is 0. The first-order chi connectivity index (χ1) is 15.0. The zero-order chi connectivity index (χ0) is 23.2. The predicted molar refractivity (Wildman–Crippen MR) is 130 cm³/mol. The van der Waals surface area contributed by atoms with Crippen LogP contribution in [0.1, 0.15) is 85.0 Å². The van der Waals surface area contributed by atoms with E-state index in [4.69, 9.17) is 0 Å². The van der Waals surface area contributed by atoms with E-state index < -0.39 is 6.10 Å². The van der Waals surface area contributed by atoms with Gasteiger partial charge in [-0.2, -0.15) is 0 Å². The summed E-state index contributed by atoms with van der Waals surface area (Å²) >= 11 is 0. The highest BCUT2D eigenvalue weighted by Gasteiger charge is 2.09. The number of hydrogen-bond acceptors (Lipinski definition) is 4. The molecule has 0 saturated heterocycles. The van der Waals surface area contributed by atoms with Crippen LogP contribution in [0, 0.1) is 0 Å². The summed E-state index contributed by atoms with van der Waals surface area (Å²) in [5.41, 5.74) is 0. The highest BCUT2D eigenvalue weighted by Crippen LogP contribution is 2.03. The molecule has 0 aliphatic heterocycles. The van der Waals surface area contributed by atoms with Crippen LogP contribution in [0.4, 0.5) is 0 Å². The summed E-state index contributed by atoms with van der Waals surface area (Å²) in [5.74, 6) is -0.158. The van der Waals surface area contributed by atoms with Gasteiger partial charge in [0.1, 0.15) is 0 Å². The van der Waals surface area contributed by atoms with Crippen LogP contribution >= 0.6 is 0 Å². The Morgan fingerprint density at radius 1 is 0.806 bits per heavy atom. The van der Waals surface area contributed by atoms with Crippen molar-refractivity contribution in [1.29, 1.82) is 0 Å².